The lowest BCUT2D eigenvalue weighted by Crippen LogP contribution is -2.33. The SMILES string of the molecule is O=C(CSCc1ccccc1)Nc1ccc(-n2nnc(C(=O)NC3CCCC3)n2)cc1. The Morgan fingerprint density at radius 3 is 2.52 bits per heavy atom. The number of rotatable bonds is 8. The zero-order valence-corrected chi connectivity index (χ0v) is 17.8. The molecule has 160 valence electrons. The number of carbonyl (C=O) groups is 2. The second kappa shape index (κ2) is 10.2. The van der Waals surface area contributed by atoms with Crippen molar-refractivity contribution in [2.45, 2.75) is 37.5 Å². The number of amides is 2. The van der Waals surface area contributed by atoms with Crippen LogP contribution in [0.3, 0.4) is 0 Å². The highest BCUT2D eigenvalue weighted by molar-refractivity contribution is 7.99. The van der Waals surface area contributed by atoms with Crippen LogP contribution in [0.25, 0.3) is 5.69 Å². The Bertz CT molecular complexity index is 1020. The number of carbonyl (C=O) groups excluding carboxylic acids is 2. The maximum Gasteiger partial charge on any atom is 0.293 e. The van der Waals surface area contributed by atoms with Gasteiger partial charge in [0.25, 0.3) is 11.7 Å². The first-order chi connectivity index (χ1) is 15.2. The molecule has 1 heterocycles. The maximum atomic E-state index is 12.3. The Morgan fingerprint density at radius 2 is 1.77 bits per heavy atom. The molecule has 1 aliphatic rings. The molecule has 1 fully saturated rings. The van der Waals surface area contributed by atoms with E-state index in [1.54, 1.807) is 36.0 Å². The van der Waals surface area contributed by atoms with Crippen molar-refractivity contribution in [3.05, 3.63) is 66.0 Å². The fourth-order valence-corrected chi connectivity index (χ4v) is 4.23. The van der Waals surface area contributed by atoms with Gasteiger partial charge in [0.15, 0.2) is 0 Å². The summed E-state index contributed by atoms with van der Waals surface area (Å²) in [5.74, 6) is 0.871. The van der Waals surface area contributed by atoms with E-state index in [2.05, 4.69) is 26.0 Å². The van der Waals surface area contributed by atoms with E-state index in [0.29, 0.717) is 17.1 Å². The fraction of sp³-hybridized carbons (Fsp3) is 0.318. The molecule has 3 aromatic rings. The van der Waals surface area contributed by atoms with Crippen molar-refractivity contribution in [2.24, 2.45) is 0 Å². The summed E-state index contributed by atoms with van der Waals surface area (Å²) in [4.78, 5) is 25.7. The van der Waals surface area contributed by atoms with Gasteiger partial charge < -0.3 is 10.6 Å². The molecule has 0 atom stereocenters. The first-order valence-electron chi connectivity index (χ1n) is 10.3. The van der Waals surface area contributed by atoms with E-state index in [-0.39, 0.29) is 23.7 Å². The van der Waals surface area contributed by atoms with Gasteiger partial charge in [0.05, 0.1) is 11.4 Å². The lowest BCUT2D eigenvalue weighted by atomic mass is 10.2. The van der Waals surface area contributed by atoms with Crippen molar-refractivity contribution < 1.29 is 9.59 Å². The molecule has 0 unspecified atom stereocenters. The molecule has 0 bridgehead atoms. The molecular weight excluding hydrogens is 412 g/mol. The molecule has 2 amide bonds. The first kappa shape index (κ1) is 21.0. The van der Waals surface area contributed by atoms with Crippen LogP contribution in [0.15, 0.2) is 54.6 Å². The summed E-state index contributed by atoms with van der Waals surface area (Å²) in [5.41, 5.74) is 2.54. The summed E-state index contributed by atoms with van der Waals surface area (Å²) >= 11 is 1.57. The third-order valence-corrected chi connectivity index (χ3v) is 6.04. The monoisotopic (exact) mass is 436 g/mol. The third-order valence-electron chi connectivity index (χ3n) is 5.03. The number of tetrazole rings is 1. The molecule has 0 radical (unpaired) electrons. The Balaban J connectivity index is 1.27. The van der Waals surface area contributed by atoms with Crippen molar-refractivity contribution in [3.63, 3.8) is 0 Å². The standard InChI is InChI=1S/C22H24N6O2S/c29-20(15-31-14-16-6-2-1-3-7-16)23-18-10-12-19(13-11-18)28-26-21(25-27-28)22(30)24-17-8-4-5-9-17/h1-3,6-7,10-13,17H,4-5,8-9,14-15H2,(H,23,29)(H,24,30). The van der Waals surface area contributed by atoms with Crippen LogP contribution in [0.2, 0.25) is 0 Å². The van der Waals surface area contributed by atoms with E-state index in [1.165, 1.54) is 10.4 Å². The van der Waals surface area contributed by atoms with Gasteiger partial charge in [-0.3, -0.25) is 9.59 Å². The molecular formula is C22H24N6O2S. The smallest absolute Gasteiger partial charge is 0.293 e. The highest BCUT2D eigenvalue weighted by Gasteiger charge is 2.21. The van der Waals surface area contributed by atoms with Gasteiger partial charge in [0.2, 0.25) is 5.91 Å². The fourth-order valence-electron chi connectivity index (χ4n) is 3.45. The first-order valence-corrected chi connectivity index (χ1v) is 11.5. The van der Waals surface area contributed by atoms with Crippen LogP contribution in [0.4, 0.5) is 5.69 Å². The average Bonchev–Trinajstić information content (AvgIpc) is 3.47. The molecule has 4 rings (SSSR count). The van der Waals surface area contributed by atoms with Crippen molar-refractivity contribution >= 4 is 29.3 Å². The summed E-state index contributed by atoms with van der Waals surface area (Å²) in [6.07, 6.45) is 4.27. The molecule has 31 heavy (non-hydrogen) atoms. The van der Waals surface area contributed by atoms with Gasteiger partial charge in [-0.05, 0) is 47.9 Å². The minimum absolute atomic E-state index is 0.0553. The van der Waals surface area contributed by atoms with E-state index < -0.39 is 0 Å². The highest BCUT2D eigenvalue weighted by Crippen LogP contribution is 2.18. The molecule has 8 nitrogen and oxygen atoms in total. The lowest BCUT2D eigenvalue weighted by molar-refractivity contribution is -0.113. The number of nitrogens with zero attached hydrogens (tertiary/aromatic N) is 4. The summed E-state index contributed by atoms with van der Waals surface area (Å²) in [5, 5.41) is 17.8. The second-order valence-electron chi connectivity index (χ2n) is 7.43. The number of anilines is 1. The summed E-state index contributed by atoms with van der Waals surface area (Å²) in [6, 6.07) is 17.4. The Hall–Kier alpha value is -3.20. The van der Waals surface area contributed by atoms with Crippen molar-refractivity contribution in [3.8, 4) is 5.69 Å². The van der Waals surface area contributed by atoms with Crippen LogP contribution < -0.4 is 10.6 Å². The van der Waals surface area contributed by atoms with Crippen molar-refractivity contribution in [1.29, 1.82) is 0 Å². The van der Waals surface area contributed by atoms with Gasteiger partial charge in [0.1, 0.15) is 0 Å². The normalized spacial score (nSPS) is 13.8. The summed E-state index contributed by atoms with van der Waals surface area (Å²) in [6.45, 7) is 0. The number of aromatic nitrogens is 4. The van der Waals surface area contributed by atoms with Crippen LogP contribution in [0.5, 0.6) is 0 Å². The topological polar surface area (TPSA) is 102 Å². The van der Waals surface area contributed by atoms with Gasteiger partial charge >= 0.3 is 0 Å². The summed E-state index contributed by atoms with van der Waals surface area (Å²) < 4.78 is 0. The minimum atomic E-state index is -0.296. The number of hydrogen-bond donors (Lipinski definition) is 2. The van der Waals surface area contributed by atoms with Crippen LogP contribution in [0, 0.1) is 0 Å². The quantitative estimate of drug-likeness (QED) is 0.562. The molecule has 2 aromatic carbocycles. The van der Waals surface area contributed by atoms with Gasteiger partial charge in [-0.25, -0.2) is 0 Å². The second-order valence-corrected chi connectivity index (χ2v) is 8.42. The zero-order valence-electron chi connectivity index (χ0n) is 17.0. The predicted octanol–water partition coefficient (Wildman–Crippen LogP) is 3.21. The molecule has 9 heteroatoms. The minimum Gasteiger partial charge on any atom is -0.346 e. The van der Waals surface area contributed by atoms with Crippen LogP contribution in [0.1, 0.15) is 41.9 Å². The van der Waals surface area contributed by atoms with E-state index in [0.717, 1.165) is 31.4 Å². The molecule has 1 aliphatic carbocycles. The van der Waals surface area contributed by atoms with Crippen LogP contribution in [-0.4, -0.2) is 43.8 Å². The number of hydrogen-bond acceptors (Lipinski definition) is 6. The maximum absolute atomic E-state index is 12.3. The van der Waals surface area contributed by atoms with Gasteiger partial charge in [-0.15, -0.1) is 26.8 Å². The number of nitrogens with one attached hydrogen (secondary N) is 2. The molecule has 0 saturated heterocycles. The van der Waals surface area contributed by atoms with Gasteiger partial charge in [-0.1, -0.05) is 43.2 Å². The van der Waals surface area contributed by atoms with Crippen molar-refractivity contribution in [1.82, 2.24) is 25.5 Å². The average molecular weight is 437 g/mol. The van der Waals surface area contributed by atoms with E-state index in [4.69, 9.17) is 0 Å². The highest BCUT2D eigenvalue weighted by atomic mass is 32.2. The van der Waals surface area contributed by atoms with E-state index in [9.17, 15) is 9.59 Å². The molecule has 2 N–H and O–H groups in total. The van der Waals surface area contributed by atoms with E-state index >= 15 is 0 Å². The third kappa shape index (κ3) is 5.91. The molecule has 0 spiro atoms. The van der Waals surface area contributed by atoms with Gasteiger partial charge in [0, 0.05) is 17.5 Å². The molecule has 1 aromatic heterocycles. The van der Waals surface area contributed by atoms with Crippen LogP contribution in [-0.2, 0) is 10.5 Å². The molecule has 0 aliphatic heterocycles. The Kier molecular flexibility index (Phi) is 6.93. The van der Waals surface area contributed by atoms with Gasteiger partial charge in [-0.2, -0.15) is 0 Å². The Labute approximate surface area is 184 Å². The number of thioether (sulfide) groups is 1. The summed E-state index contributed by atoms with van der Waals surface area (Å²) in [7, 11) is 0. The largest absolute Gasteiger partial charge is 0.346 e. The van der Waals surface area contributed by atoms with E-state index in [1.807, 2.05) is 30.3 Å². The predicted molar refractivity (Wildman–Crippen MR) is 120 cm³/mol. The zero-order chi connectivity index (χ0) is 21.5. The van der Waals surface area contributed by atoms with Crippen LogP contribution >= 0.6 is 11.8 Å². The lowest BCUT2D eigenvalue weighted by Gasteiger charge is -2.09. The number of benzene rings is 2. The molecule has 1 saturated carbocycles. The Morgan fingerprint density at radius 1 is 1.03 bits per heavy atom. The van der Waals surface area contributed by atoms with Crippen molar-refractivity contribution in [2.75, 3.05) is 11.1 Å².